The van der Waals surface area contributed by atoms with E-state index < -0.39 is 0 Å². The molecule has 1 nitrogen and oxygen atoms in total. The first-order valence-corrected chi connectivity index (χ1v) is 14.0. The molecule has 0 amide bonds. The molecule has 7 aromatic rings. The Morgan fingerprint density at radius 2 is 0.756 bits per heavy atom. The Hall–Kier alpha value is -5.40. The van der Waals surface area contributed by atoms with E-state index in [0.717, 1.165) is 17.1 Å². The number of rotatable bonds is 6. The van der Waals surface area contributed by atoms with Gasteiger partial charge in [0.05, 0.1) is 0 Å². The third kappa shape index (κ3) is 5.02. The molecule has 0 saturated heterocycles. The van der Waals surface area contributed by atoms with Gasteiger partial charge in [0, 0.05) is 17.1 Å². The van der Waals surface area contributed by atoms with Gasteiger partial charge >= 0.3 is 0 Å². The summed E-state index contributed by atoms with van der Waals surface area (Å²) in [5.74, 6) is 0. The van der Waals surface area contributed by atoms with E-state index in [0.29, 0.717) is 0 Å². The summed E-state index contributed by atoms with van der Waals surface area (Å²) in [6, 6.07) is 62.8. The molecule has 0 bridgehead atoms. The zero-order valence-electron chi connectivity index (χ0n) is 22.7. The van der Waals surface area contributed by atoms with Crippen molar-refractivity contribution in [3.63, 3.8) is 0 Å². The molecule has 194 valence electrons. The summed E-state index contributed by atoms with van der Waals surface area (Å²) in [6.07, 6.45) is 0. The molecule has 0 aliphatic rings. The van der Waals surface area contributed by atoms with Gasteiger partial charge in [0.1, 0.15) is 0 Å². The molecule has 0 unspecified atom stereocenters. The van der Waals surface area contributed by atoms with Crippen molar-refractivity contribution in [2.75, 3.05) is 4.90 Å². The molecule has 0 N–H and O–H groups in total. The van der Waals surface area contributed by atoms with Gasteiger partial charge in [0.2, 0.25) is 0 Å². The number of hydrogen-bond acceptors (Lipinski definition) is 1. The maximum Gasteiger partial charge on any atom is 0.0462 e. The van der Waals surface area contributed by atoms with E-state index in [1.807, 2.05) is 0 Å². The van der Waals surface area contributed by atoms with Crippen LogP contribution < -0.4 is 4.90 Å². The number of para-hydroxylation sites is 1. The molecule has 1 heteroatoms. The van der Waals surface area contributed by atoms with Gasteiger partial charge in [-0.1, -0.05) is 133 Å². The fourth-order valence-electron chi connectivity index (χ4n) is 5.58. The molecule has 0 aliphatic carbocycles. The van der Waals surface area contributed by atoms with Crippen LogP contribution in [0.1, 0.15) is 0 Å². The van der Waals surface area contributed by atoms with Crippen molar-refractivity contribution in [1.82, 2.24) is 0 Å². The van der Waals surface area contributed by atoms with Crippen molar-refractivity contribution < 1.29 is 0 Å². The van der Waals surface area contributed by atoms with E-state index in [1.54, 1.807) is 0 Å². The second kappa shape index (κ2) is 11.0. The molecule has 0 heterocycles. The van der Waals surface area contributed by atoms with E-state index >= 15 is 0 Å². The predicted octanol–water partition coefficient (Wildman–Crippen LogP) is 11.3. The highest BCUT2D eigenvalue weighted by molar-refractivity contribution is 5.99. The van der Waals surface area contributed by atoms with Crippen LogP contribution in [0.3, 0.4) is 0 Å². The number of benzene rings is 7. The molecule has 41 heavy (non-hydrogen) atoms. The molecule has 0 saturated carbocycles. The normalized spacial score (nSPS) is 10.9. The molecular formula is C40H29N. The lowest BCUT2D eigenvalue weighted by atomic mass is 9.94. The number of hydrogen-bond donors (Lipinski definition) is 0. The van der Waals surface area contributed by atoms with Crippen molar-refractivity contribution in [3.05, 3.63) is 176 Å². The Morgan fingerprint density at radius 1 is 0.293 bits per heavy atom. The second-order valence-electron chi connectivity index (χ2n) is 10.2. The van der Waals surface area contributed by atoms with Gasteiger partial charge in [0.25, 0.3) is 0 Å². The van der Waals surface area contributed by atoms with Crippen LogP contribution in [0.15, 0.2) is 176 Å². The largest absolute Gasteiger partial charge is 0.311 e. The van der Waals surface area contributed by atoms with Gasteiger partial charge in [-0.2, -0.15) is 0 Å². The minimum absolute atomic E-state index is 1.12. The average molecular weight is 524 g/mol. The van der Waals surface area contributed by atoms with Gasteiger partial charge in [0.15, 0.2) is 0 Å². The summed E-state index contributed by atoms with van der Waals surface area (Å²) >= 11 is 0. The first-order valence-electron chi connectivity index (χ1n) is 14.0. The second-order valence-corrected chi connectivity index (χ2v) is 10.2. The van der Waals surface area contributed by atoms with Crippen molar-refractivity contribution in [3.8, 4) is 33.4 Å². The van der Waals surface area contributed by atoms with Crippen molar-refractivity contribution in [2.45, 2.75) is 0 Å². The lowest BCUT2D eigenvalue weighted by Gasteiger charge is -2.26. The molecule has 0 fully saturated rings. The zero-order valence-corrected chi connectivity index (χ0v) is 22.7. The third-order valence-corrected chi connectivity index (χ3v) is 7.67. The molecule has 0 aromatic heterocycles. The monoisotopic (exact) mass is 523 g/mol. The quantitative estimate of drug-likeness (QED) is 0.209. The smallest absolute Gasteiger partial charge is 0.0462 e. The highest BCUT2D eigenvalue weighted by Crippen LogP contribution is 2.38. The minimum Gasteiger partial charge on any atom is -0.311 e. The van der Waals surface area contributed by atoms with E-state index in [2.05, 4.69) is 181 Å². The molecule has 7 rings (SSSR count). The summed E-state index contributed by atoms with van der Waals surface area (Å²) in [5, 5.41) is 2.51. The van der Waals surface area contributed by atoms with Crippen molar-refractivity contribution in [2.24, 2.45) is 0 Å². The fraction of sp³-hybridized carbons (Fsp3) is 0. The highest BCUT2D eigenvalue weighted by atomic mass is 15.1. The minimum atomic E-state index is 1.12. The SMILES string of the molecule is c1ccc(-c2ccc(N(c3ccccc3)c3ccc(-c4cccc5ccc(-c6ccccc6)cc45)cc3)cc2)cc1. The van der Waals surface area contributed by atoms with Crippen LogP contribution in [0.2, 0.25) is 0 Å². The molecule has 0 spiro atoms. The molecule has 0 aliphatic heterocycles. The number of anilines is 3. The summed E-state index contributed by atoms with van der Waals surface area (Å²) in [4.78, 5) is 2.31. The number of nitrogens with zero attached hydrogens (tertiary/aromatic N) is 1. The lowest BCUT2D eigenvalue weighted by Crippen LogP contribution is -2.09. The topological polar surface area (TPSA) is 3.24 Å². The van der Waals surface area contributed by atoms with Crippen LogP contribution in [0.4, 0.5) is 17.1 Å². The van der Waals surface area contributed by atoms with Gasteiger partial charge in [-0.05, 0) is 86.6 Å². The van der Waals surface area contributed by atoms with Gasteiger partial charge in [-0.25, -0.2) is 0 Å². The predicted molar refractivity (Wildman–Crippen MR) is 175 cm³/mol. The molecule has 0 radical (unpaired) electrons. The summed E-state index contributed by atoms with van der Waals surface area (Å²) in [7, 11) is 0. The highest BCUT2D eigenvalue weighted by Gasteiger charge is 2.13. The average Bonchev–Trinajstić information content (AvgIpc) is 3.06. The summed E-state index contributed by atoms with van der Waals surface area (Å²) in [6.45, 7) is 0. The standard InChI is InChI=1S/C40H29N/c1-4-11-30(12-5-1)32-21-25-37(26-22-32)41(36-16-8-3-9-17-36)38-27-23-34(24-28-38)39-18-10-15-33-19-20-35(29-40(33)39)31-13-6-2-7-14-31/h1-29H. The number of fused-ring (bicyclic) bond motifs is 1. The summed E-state index contributed by atoms with van der Waals surface area (Å²) < 4.78 is 0. The Morgan fingerprint density at radius 3 is 1.37 bits per heavy atom. The van der Waals surface area contributed by atoms with E-state index in [4.69, 9.17) is 0 Å². The van der Waals surface area contributed by atoms with Crippen LogP contribution in [-0.4, -0.2) is 0 Å². The van der Waals surface area contributed by atoms with Crippen LogP contribution >= 0.6 is 0 Å². The van der Waals surface area contributed by atoms with E-state index in [1.165, 1.54) is 44.2 Å². The van der Waals surface area contributed by atoms with Gasteiger partial charge in [-0.15, -0.1) is 0 Å². The van der Waals surface area contributed by atoms with Crippen molar-refractivity contribution in [1.29, 1.82) is 0 Å². The Bertz CT molecular complexity index is 1890. The van der Waals surface area contributed by atoms with Gasteiger partial charge < -0.3 is 4.90 Å². The van der Waals surface area contributed by atoms with Crippen molar-refractivity contribution >= 4 is 27.8 Å². The van der Waals surface area contributed by atoms with E-state index in [9.17, 15) is 0 Å². The van der Waals surface area contributed by atoms with Crippen LogP contribution in [0.5, 0.6) is 0 Å². The van der Waals surface area contributed by atoms with Crippen LogP contribution in [-0.2, 0) is 0 Å². The molecule has 7 aromatic carbocycles. The lowest BCUT2D eigenvalue weighted by molar-refractivity contribution is 1.28. The Kier molecular flexibility index (Phi) is 6.61. The van der Waals surface area contributed by atoms with Crippen LogP contribution in [0, 0.1) is 0 Å². The van der Waals surface area contributed by atoms with E-state index in [-0.39, 0.29) is 0 Å². The molecule has 0 atom stereocenters. The third-order valence-electron chi connectivity index (χ3n) is 7.67. The molecular weight excluding hydrogens is 494 g/mol. The first kappa shape index (κ1) is 24.6. The zero-order chi connectivity index (χ0) is 27.4. The fourth-order valence-corrected chi connectivity index (χ4v) is 5.58. The van der Waals surface area contributed by atoms with Crippen LogP contribution in [0.25, 0.3) is 44.2 Å². The maximum absolute atomic E-state index is 2.32. The van der Waals surface area contributed by atoms with Gasteiger partial charge in [-0.3, -0.25) is 0 Å². The maximum atomic E-state index is 2.32. The first-order chi connectivity index (χ1) is 20.3. The summed E-state index contributed by atoms with van der Waals surface area (Å²) in [5.41, 5.74) is 10.7. The Balaban J connectivity index is 1.27. The Labute approximate surface area is 241 Å².